The number of aromatic nitrogens is 2. The normalized spacial score (nSPS) is 19.4. The lowest BCUT2D eigenvalue weighted by molar-refractivity contribution is 0.197. The highest BCUT2D eigenvalue weighted by atomic mass is 16.3. The van der Waals surface area contributed by atoms with E-state index in [1.54, 1.807) is 13.1 Å². The summed E-state index contributed by atoms with van der Waals surface area (Å²) < 4.78 is 0. The van der Waals surface area contributed by atoms with Gasteiger partial charge in [0.2, 0.25) is 0 Å². The average Bonchev–Trinajstić information content (AvgIpc) is 2.69. The summed E-state index contributed by atoms with van der Waals surface area (Å²) in [4.78, 5) is 8.88. The molecule has 0 bridgehead atoms. The first kappa shape index (κ1) is 10.6. The fourth-order valence-electron chi connectivity index (χ4n) is 2.29. The lowest BCUT2D eigenvalue weighted by atomic mass is 10.1. The standard InChI is InChI=1S/C12H18N2O/c1-8-11(9(2)15)7-13-12(14-8)10-5-3-4-6-10/h7,9-10,15H,3-6H2,1-2H3. The van der Waals surface area contributed by atoms with Gasteiger partial charge in [-0.1, -0.05) is 12.8 Å². The number of aliphatic hydroxyl groups is 1. The van der Waals surface area contributed by atoms with Crippen molar-refractivity contribution in [2.75, 3.05) is 0 Å². The number of aliphatic hydroxyl groups excluding tert-OH is 1. The second-order valence-corrected chi connectivity index (χ2v) is 4.43. The molecule has 0 saturated heterocycles. The van der Waals surface area contributed by atoms with Crippen molar-refractivity contribution in [3.8, 4) is 0 Å². The zero-order valence-corrected chi connectivity index (χ0v) is 9.40. The Kier molecular flexibility index (Phi) is 3.00. The topological polar surface area (TPSA) is 46.0 Å². The van der Waals surface area contributed by atoms with Crippen molar-refractivity contribution < 1.29 is 5.11 Å². The van der Waals surface area contributed by atoms with Gasteiger partial charge in [-0.05, 0) is 26.7 Å². The van der Waals surface area contributed by atoms with Gasteiger partial charge in [0.25, 0.3) is 0 Å². The zero-order valence-electron chi connectivity index (χ0n) is 9.40. The first-order chi connectivity index (χ1) is 7.18. The van der Waals surface area contributed by atoms with Crippen LogP contribution in [0.5, 0.6) is 0 Å². The van der Waals surface area contributed by atoms with E-state index in [4.69, 9.17) is 0 Å². The summed E-state index contributed by atoms with van der Waals surface area (Å²) in [5.41, 5.74) is 1.76. The quantitative estimate of drug-likeness (QED) is 0.808. The van der Waals surface area contributed by atoms with E-state index in [9.17, 15) is 5.11 Å². The molecule has 1 aliphatic rings. The van der Waals surface area contributed by atoms with Gasteiger partial charge in [-0.3, -0.25) is 0 Å². The molecule has 1 unspecified atom stereocenters. The molecule has 0 aliphatic heterocycles. The van der Waals surface area contributed by atoms with Gasteiger partial charge in [0, 0.05) is 23.4 Å². The first-order valence-electron chi connectivity index (χ1n) is 5.70. The molecule has 3 heteroatoms. The van der Waals surface area contributed by atoms with Gasteiger partial charge >= 0.3 is 0 Å². The summed E-state index contributed by atoms with van der Waals surface area (Å²) >= 11 is 0. The maximum atomic E-state index is 9.48. The van der Waals surface area contributed by atoms with Crippen molar-refractivity contribution in [2.45, 2.75) is 51.6 Å². The minimum atomic E-state index is -0.470. The van der Waals surface area contributed by atoms with Crippen LogP contribution in [0.2, 0.25) is 0 Å². The lowest BCUT2D eigenvalue weighted by Crippen LogP contribution is -2.06. The highest BCUT2D eigenvalue weighted by Crippen LogP contribution is 2.32. The summed E-state index contributed by atoms with van der Waals surface area (Å²) in [5.74, 6) is 1.51. The van der Waals surface area contributed by atoms with E-state index in [0.29, 0.717) is 5.92 Å². The van der Waals surface area contributed by atoms with Crippen LogP contribution in [-0.2, 0) is 0 Å². The third-order valence-corrected chi connectivity index (χ3v) is 3.21. The summed E-state index contributed by atoms with van der Waals surface area (Å²) in [5, 5.41) is 9.48. The molecule has 0 radical (unpaired) electrons. The Labute approximate surface area is 90.6 Å². The molecule has 1 atom stereocenters. The summed E-state index contributed by atoms with van der Waals surface area (Å²) in [6, 6.07) is 0. The molecule has 82 valence electrons. The highest BCUT2D eigenvalue weighted by molar-refractivity contribution is 5.19. The van der Waals surface area contributed by atoms with Gasteiger partial charge in [-0.25, -0.2) is 9.97 Å². The van der Waals surface area contributed by atoms with E-state index in [0.717, 1.165) is 17.1 Å². The zero-order chi connectivity index (χ0) is 10.8. The lowest BCUT2D eigenvalue weighted by Gasteiger charge is -2.12. The van der Waals surface area contributed by atoms with Crippen LogP contribution in [0.3, 0.4) is 0 Å². The van der Waals surface area contributed by atoms with Crippen LogP contribution >= 0.6 is 0 Å². The SMILES string of the molecule is Cc1nc(C2CCCC2)ncc1C(C)O. The number of hydrogen-bond donors (Lipinski definition) is 1. The Balaban J connectivity index is 2.24. The molecule has 15 heavy (non-hydrogen) atoms. The molecule has 3 nitrogen and oxygen atoms in total. The van der Waals surface area contributed by atoms with Crippen LogP contribution in [0.15, 0.2) is 6.20 Å². The van der Waals surface area contributed by atoms with Gasteiger partial charge in [0.15, 0.2) is 0 Å². The van der Waals surface area contributed by atoms with Gasteiger partial charge < -0.3 is 5.11 Å². The molecular formula is C12H18N2O. The smallest absolute Gasteiger partial charge is 0.131 e. The van der Waals surface area contributed by atoms with Crippen molar-refractivity contribution in [2.24, 2.45) is 0 Å². The second kappa shape index (κ2) is 4.27. The molecule has 1 fully saturated rings. The van der Waals surface area contributed by atoms with Crippen molar-refractivity contribution >= 4 is 0 Å². The Bertz CT molecular complexity index is 343. The van der Waals surface area contributed by atoms with E-state index < -0.39 is 6.10 Å². The van der Waals surface area contributed by atoms with Crippen LogP contribution < -0.4 is 0 Å². The molecule has 1 aromatic rings. The van der Waals surface area contributed by atoms with Crippen molar-refractivity contribution in [3.63, 3.8) is 0 Å². The Hall–Kier alpha value is -0.960. The minimum absolute atomic E-state index is 0.470. The Morgan fingerprint density at radius 2 is 2.07 bits per heavy atom. The molecule has 1 aliphatic carbocycles. The van der Waals surface area contributed by atoms with Crippen LogP contribution in [-0.4, -0.2) is 15.1 Å². The molecule has 2 rings (SSSR count). The van der Waals surface area contributed by atoms with Crippen LogP contribution in [0, 0.1) is 6.92 Å². The maximum Gasteiger partial charge on any atom is 0.131 e. The van der Waals surface area contributed by atoms with E-state index in [2.05, 4.69) is 9.97 Å². The predicted molar refractivity (Wildman–Crippen MR) is 58.6 cm³/mol. The highest BCUT2D eigenvalue weighted by Gasteiger charge is 2.20. The molecule has 1 saturated carbocycles. The molecule has 0 aromatic carbocycles. The predicted octanol–water partition coefficient (Wildman–Crippen LogP) is 2.50. The third-order valence-electron chi connectivity index (χ3n) is 3.21. The fraction of sp³-hybridized carbons (Fsp3) is 0.667. The fourth-order valence-corrected chi connectivity index (χ4v) is 2.29. The van der Waals surface area contributed by atoms with Gasteiger partial charge in [-0.2, -0.15) is 0 Å². The van der Waals surface area contributed by atoms with Crippen LogP contribution in [0.1, 0.15) is 61.7 Å². The Morgan fingerprint density at radius 3 is 2.60 bits per heavy atom. The number of nitrogens with zero attached hydrogens (tertiary/aromatic N) is 2. The molecule has 0 amide bonds. The van der Waals surface area contributed by atoms with E-state index in [1.807, 2.05) is 6.92 Å². The number of rotatable bonds is 2. The largest absolute Gasteiger partial charge is 0.389 e. The van der Waals surface area contributed by atoms with Crippen molar-refractivity contribution in [3.05, 3.63) is 23.3 Å². The maximum absolute atomic E-state index is 9.48. The molecular weight excluding hydrogens is 188 g/mol. The molecule has 1 N–H and O–H groups in total. The van der Waals surface area contributed by atoms with Crippen molar-refractivity contribution in [1.82, 2.24) is 9.97 Å². The average molecular weight is 206 g/mol. The van der Waals surface area contributed by atoms with E-state index in [1.165, 1.54) is 25.7 Å². The first-order valence-corrected chi connectivity index (χ1v) is 5.70. The Morgan fingerprint density at radius 1 is 1.40 bits per heavy atom. The van der Waals surface area contributed by atoms with Crippen molar-refractivity contribution in [1.29, 1.82) is 0 Å². The summed E-state index contributed by atoms with van der Waals surface area (Å²) in [7, 11) is 0. The summed E-state index contributed by atoms with van der Waals surface area (Å²) in [6.07, 6.45) is 6.33. The number of aryl methyl sites for hydroxylation is 1. The van der Waals surface area contributed by atoms with Crippen LogP contribution in [0.25, 0.3) is 0 Å². The monoisotopic (exact) mass is 206 g/mol. The molecule has 1 aromatic heterocycles. The molecule has 1 heterocycles. The minimum Gasteiger partial charge on any atom is -0.389 e. The van der Waals surface area contributed by atoms with Gasteiger partial charge in [0.1, 0.15) is 5.82 Å². The third kappa shape index (κ3) is 2.17. The van der Waals surface area contributed by atoms with Gasteiger partial charge in [0.05, 0.1) is 6.10 Å². The van der Waals surface area contributed by atoms with E-state index in [-0.39, 0.29) is 0 Å². The van der Waals surface area contributed by atoms with Crippen LogP contribution in [0.4, 0.5) is 0 Å². The van der Waals surface area contributed by atoms with E-state index >= 15 is 0 Å². The second-order valence-electron chi connectivity index (χ2n) is 4.43. The molecule has 0 spiro atoms. The summed E-state index contributed by atoms with van der Waals surface area (Å²) in [6.45, 7) is 3.70. The van der Waals surface area contributed by atoms with Gasteiger partial charge in [-0.15, -0.1) is 0 Å². The number of hydrogen-bond acceptors (Lipinski definition) is 3.